The Kier molecular flexibility index (Phi) is 2.44. The minimum atomic E-state index is 0.706. The largest absolute Gasteiger partial charge is 0.398 e. The van der Waals surface area contributed by atoms with Crippen molar-refractivity contribution in [3.63, 3.8) is 0 Å². The highest BCUT2D eigenvalue weighted by Gasteiger charge is 2.06. The molecule has 2 nitrogen and oxygen atoms in total. The highest BCUT2D eigenvalue weighted by molar-refractivity contribution is 9.08. The number of hydrogen-bond acceptors (Lipinski definition) is 3. The number of nitrogens with two attached hydrogens (primary N) is 1. The normalized spacial score (nSPS) is 10.3. The van der Waals surface area contributed by atoms with Crippen molar-refractivity contribution in [3.05, 3.63) is 28.6 Å². The fourth-order valence-corrected chi connectivity index (χ4v) is 2.75. The van der Waals surface area contributed by atoms with Crippen LogP contribution < -0.4 is 5.73 Å². The second-order valence-electron chi connectivity index (χ2n) is 2.94. The molecule has 0 aliphatic carbocycles. The minimum absolute atomic E-state index is 0.706. The van der Waals surface area contributed by atoms with Crippen LogP contribution in [0.5, 0.6) is 0 Å². The van der Waals surface area contributed by atoms with Crippen LogP contribution in [0.1, 0.15) is 11.1 Å². The van der Waals surface area contributed by atoms with Crippen LogP contribution >= 0.6 is 27.3 Å². The maximum atomic E-state index is 8.85. The summed E-state index contributed by atoms with van der Waals surface area (Å²) in [4.78, 5) is 0. The number of thiophene rings is 1. The lowest BCUT2D eigenvalue weighted by Gasteiger charge is -2.01. The lowest BCUT2D eigenvalue weighted by atomic mass is 10.1. The van der Waals surface area contributed by atoms with Crippen LogP contribution in [0, 0.1) is 11.3 Å². The van der Waals surface area contributed by atoms with Gasteiger partial charge in [-0.25, -0.2) is 0 Å². The predicted octanol–water partition coefficient (Wildman–Crippen LogP) is 3.25. The average molecular weight is 267 g/mol. The lowest BCUT2D eigenvalue weighted by Crippen LogP contribution is -1.90. The van der Waals surface area contributed by atoms with Gasteiger partial charge < -0.3 is 5.73 Å². The maximum absolute atomic E-state index is 8.85. The molecule has 0 atom stereocenters. The molecule has 0 amide bonds. The molecule has 2 aromatic rings. The van der Waals surface area contributed by atoms with Crippen LogP contribution in [0.25, 0.3) is 10.1 Å². The predicted molar refractivity (Wildman–Crippen MR) is 63.6 cm³/mol. The Labute approximate surface area is 94.1 Å². The third-order valence-electron chi connectivity index (χ3n) is 2.10. The molecule has 0 saturated carbocycles. The molecular weight excluding hydrogens is 260 g/mol. The average Bonchev–Trinajstić information content (AvgIpc) is 2.58. The number of nitriles is 1. The van der Waals surface area contributed by atoms with E-state index in [-0.39, 0.29) is 0 Å². The minimum Gasteiger partial charge on any atom is -0.398 e. The molecule has 0 fully saturated rings. The van der Waals surface area contributed by atoms with Gasteiger partial charge in [0.2, 0.25) is 0 Å². The first-order valence-electron chi connectivity index (χ1n) is 4.02. The quantitative estimate of drug-likeness (QED) is 0.637. The zero-order valence-electron chi connectivity index (χ0n) is 7.25. The van der Waals surface area contributed by atoms with Crippen molar-refractivity contribution < 1.29 is 0 Å². The van der Waals surface area contributed by atoms with Gasteiger partial charge in [-0.3, -0.25) is 0 Å². The summed E-state index contributed by atoms with van der Waals surface area (Å²) in [7, 11) is 0. The molecule has 14 heavy (non-hydrogen) atoms. The molecule has 0 spiro atoms. The van der Waals surface area contributed by atoms with Gasteiger partial charge >= 0.3 is 0 Å². The topological polar surface area (TPSA) is 49.8 Å². The van der Waals surface area contributed by atoms with Gasteiger partial charge in [-0.1, -0.05) is 15.9 Å². The second kappa shape index (κ2) is 3.60. The van der Waals surface area contributed by atoms with E-state index in [1.807, 2.05) is 17.5 Å². The molecule has 0 aliphatic heterocycles. The number of benzene rings is 1. The molecule has 2 rings (SSSR count). The van der Waals surface area contributed by atoms with E-state index >= 15 is 0 Å². The zero-order valence-corrected chi connectivity index (χ0v) is 9.65. The molecule has 1 aromatic carbocycles. The van der Waals surface area contributed by atoms with Crippen molar-refractivity contribution in [1.82, 2.24) is 0 Å². The summed E-state index contributed by atoms with van der Waals surface area (Å²) in [5.74, 6) is 0. The number of fused-ring (bicyclic) bond motifs is 1. The summed E-state index contributed by atoms with van der Waals surface area (Å²) >= 11 is 4.96. The van der Waals surface area contributed by atoms with Gasteiger partial charge in [0.05, 0.1) is 5.56 Å². The summed E-state index contributed by atoms with van der Waals surface area (Å²) in [5.41, 5.74) is 8.36. The third-order valence-corrected chi connectivity index (χ3v) is 3.65. The Bertz CT molecular complexity index is 525. The number of hydrogen-bond donors (Lipinski definition) is 1. The Hall–Kier alpha value is -1.05. The monoisotopic (exact) mass is 266 g/mol. The van der Waals surface area contributed by atoms with Crippen molar-refractivity contribution in [2.24, 2.45) is 0 Å². The van der Waals surface area contributed by atoms with E-state index in [0.717, 1.165) is 26.7 Å². The van der Waals surface area contributed by atoms with Crippen LogP contribution in [0.15, 0.2) is 17.5 Å². The fraction of sp³-hybridized carbons (Fsp3) is 0.100. The van der Waals surface area contributed by atoms with Crippen molar-refractivity contribution in [2.45, 2.75) is 5.33 Å². The van der Waals surface area contributed by atoms with E-state index in [0.29, 0.717) is 5.56 Å². The Balaban J connectivity index is 2.77. The van der Waals surface area contributed by atoms with E-state index in [1.54, 1.807) is 11.3 Å². The summed E-state index contributed by atoms with van der Waals surface area (Å²) in [6, 6.07) is 6.07. The molecule has 2 N–H and O–H groups in total. The number of halogens is 1. The molecule has 4 heteroatoms. The third kappa shape index (κ3) is 1.39. The first-order valence-corrected chi connectivity index (χ1v) is 6.02. The number of anilines is 1. The molecule has 70 valence electrons. The Morgan fingerprint density at radius 2 is 2.29 bits per heavy atom. The molecule has 0 saturated heterocycles. The first kappa shape index (κ1) is 9.50. The highest BCUT2D eigenvalue weighted by Crippen LogP contribution is 2.30. The highest BCUT2D eigenvalue weighted by atomic mass is 79.9. The van der Waals surface area contributed by atoms with E-state index in [9.17, 15) is 0 Å². The van der Waals surface area contributed by atoms with E-state index < -0.39 is 0 Å². The molecule has 0 radical (unpaired) electrons. The van der Waals surface area contributed by atoms with E-state index in [1.165, 1.54) is 0 Å². The first-order chi connectivity index (χ1) is 6.76. The van der Waals surface area contributed by atoms with Gasteiger partial charge in [0.25, 0.3) is 0 Å². The van der Waals surface area contributed by atoms with Gasteiger partial charge in [-0.05, 0) is 17.7 Å². The standard InChI is InChI=1S/C10H7BrN2S/c11-3-6-1-10-8(2-9(6)13)7(4-12)5-14-10/h1-2,5H,3,13H2. The SMILES string of the molecule is N#Cc1csc2cc(CBr)c(N)cc12. The number of nitrogens with zero attached hydrogens (tertiary/aromatic N) is 1. The van der Waals surface area contributed by atoms with Crippen molar-refractivity contribution in [2.75, 3.05) is 5.73 Å². The van der Waals surface area contributed by atoms with Crippen LogP contribution in [-0.2, 0) is 5.33 Å². The van der Waals surface area contributed by atoms with E-state index in [2.05, 4.69) is 22.0 Å². The van der Waals surface area contributed by atoms with Crippen LogP contribution in [0.3, 0.4) is 0 Å². The smallest absolute Gasteiger partial charge is 0.101 e. The summed E-state index contributed by atoms with van der Waals surface area (Å²) in [6.45, 7) is 0. The molecule has 0 bridgehead atoms. The van der Waals surface area contributed by atoms with Gasteiger partial charge in [-0.2, -0.15) is 5.26 Å². The van der Waals surface area contributed by atoms with Gasteiger partial charge in [-0.15, -0.1) is 11.3 Å². The van der Waals surface area contributed by atoms with Crippen molar-refractivity contribution >= 4 is 43.0 Å². The number of alkyl halides is 1. The Morgan fingerprint density at radius 3 is 2.93 bits per heavy atom. The van der Waals surface area contributed by atoms with Gasteiger partial charge in [0.15, 0.2) is 0 Å². The van der Waals surface area contributed by atoms with Crippen molar-refractivity contribution in [3.8, 4) is 6.07 Å². The molecule has 0 aliphatic rings. The molecular formula is C10H7BrN2S. The Morgan fingerprint density at radius 1 is 1.50 bits per heavy atom. The molecule has 1 heterocycles. The fourth-order valence-electron chi connectivity index (χ4n) is 1.33. The van der Waals surface area contributed by atoms with Gasteiger partial charge in [0.1, 0.15) is 6.07 Å². The lowest BCUT2D eigenvalue weighted by molar-refractivity contribution is 1.47. The van der Waals surface area contributed by atoms with Crippen LogP contribution in [0.4, 0.5) is 5.69 Å². The second-order valence-corrected chi connectivity index (χ2v) is 4.41. The number of nitrogen functional groups attached to an aromatic ring is 1. The van der Waals surface area contributed by atoms with Crippen LogP contribution in [0.2, 0.25) is 0 Å². The summed E-state index contributed by atoms with van der Waals surface area (Å²) in [6.07, 6.45) is 0. The van der Waals surface area contributed by atoms with Gasteiger partial charge in [0, 0.05) is 26.5 Å². The van der Waals surface area contributed by atoms with Crippen molar-refractivity contribution in [1.29, 1.82) is 5.26 Å². The molecule has 0 unspecified atom stereocenters. The summed E-state index contributed by atoms with van der Waals surface area (Å²) < 4.78 is 1.12. The summed E-state index contributed by atoms with van der Waals surface area (Å²) in [5, 5.41) is 12.4. The van der Waals surface area contributed by atoms with E-state index in [4.69, 9.17) is 11.0 Å². The number of rotatable bonds is 1. The molecule has 1 aromatic heterocycles. The maximum Gasteiger partial charge on any atom is 0.101 e. The van der Waals surface area contributed by atoms with Crippen LogP contribution in [-0.4, -0.2) is 0 Å². The zero-order chi connectivity index (χ0) is 10.1.